The molecule has 1 aliphatic carbocycles. The van der Waals surface area contributed by atoms with Crippen LogP contribution in [0.1, 0.15) is 36.8 Å². The number of benzene rings is 2. The van der Waals surface area contributed by atoms with Crippen LogP contribution in [0.3, 0.4) is 0 Å². The van der Waals surface area contributed by atoms with Gasteiger partial charge >= 0.3 is 6.09 Å². The molecule has 2 aromatic rings. The van der Waals surface area contributed by atoms with Gasteiger partial charge in [0.05, 0.1) is 45.1 Å². The Morgan fingerprint density at radius 3 is 2.41 bits per heavy atom. The molecule has 2 aliphatic rings. The van der Waals surface area contributed by atoms with Gasteiger partial charge in [0.2, 0.25) is 0 Å². The number of alkyl carbamates (subject to hydrolysis) is 1. The third-order valence-corrected chi connectivity index (χ3v) is 6.62. The minimum Gasteiger partial charge on any atom is -0.497 e. The summed E-state index contributed by atoms with van der Waals surface area (Å²) in [5.41, 5.74) is 2.03. The molecule has 1 heterocycles. The fourth-order valence-electron chi connectivity index (χ4n) is 4.64. The lowest BCUT2D eigenvalue weighted by Gasteiger charge is -2.31. The Kier molecular flexibility index (Phi) is 10.6. The SMILES string of the molecule is COc1ccc(CN(CC(O)[C@H](Cc2ccccc2)NC(=O)OC2COCOC2)OC2CCCC2)cc1. The first-order valence-electron chi connectivity index (χ1n) is 13.0. The van der Waals surface area contributed by atoms with Gasteiger partial charge in [0.1, 0.15) is 12.5 Å². The van der Waals surface area contributed by atoms with Gasteiger partial charge in [0, 0.05) is 6.54 Å². The molecule has 1 amide bonds. The van der Waals surface area contributed by atoms with Gasteiger partial charge in [-0.3, -0.25) is 4.84 Å². The molecule has 1 aliphatic heterocycles. The summed E-state index contributed by atoms with van der Waals surface area (Å²) >= 11 is 0. The molecule has 202 valence electrons. The Labute approximate surface area is 218 Å². The van der Waals surface area contributed by atoms with E-state index in [1.807, 2.05) is 59.7 Å². The number of aliphatic hydroxyl groups is 1. The van der Waals surface area contributed by atoms with Gasteiger partial charge in [-0.1, -0.05) is 55.3 Å². The number of nitrogens with one attached hydrogen (secondary N) is 1. The summed E-state index contributed by atoms with van der Waals surface area (Å²) in [6, 6.07) is 17.0. The highest BCUT2D eigenvalue weighted by Crippen LogP contribution is 2.24. The highest BCUT2D eigenvalue weighted by atomic mass is 16.7. The van der Waals surface area contributed by atoms with Gasteiger partial charge in [-0.05, 0) is 42.5 Å². The van der Waals surface area contributed by atoms with Crippen LogP contribution in [0.15, 0.2) is 54.6 Å². The molecule has 0 bridgehead atoms. The van der Waals surface area contributed by atoms with Crippen LogP contribution >= 0.6 is 0 Å². The first-order valence-corrected chi connectivity index (χ1v) is 13.0. The summed E-state index contributed by atoms with van der Waals surface area (Å²) < 4.78 is 21.2. The van der Waals surface area contributed by atoms with E-state index in [-0.39, 0.29) is 32.7 Å². The van der Waals surface area contributed by atoms with Crippen molar-refractivity contribution >= 4 is 6.09 Å². The Hall–Kier alpha value is -2.69. The summed E-state index contributed by atoms with van der Waals surface area (Å²) in [7, 11) is 1.64. The molecule has 2 N–H and O–H groups in total. The minimum absolute atomic E-state index is 0.127. The molecule has 0 aromatic heterocycles. The maximum Gasteiger partial charge on any atom is 0.407 e. The predicted molar refractivity (Wildman–Crippen MR) is 137 cm³/mol. The second kappa shape index (κ2) is 14.3. The van der Waals surface area contributed by atoms with Crippen LogP contribution in [0.4, 0.5) is 4.79 Å². The number of hydrogen-bond donors (Lipinski definition) is 2. The van der Waals surface area contributed by atoms with Crippen molar-refractivity contribution in [3.05, 3.63) is 65.7 Å². The van der Waals surface area contributed by atoms with E-state index in [1.54, 1.807) is 7.11 Å². The van der Waals surface area contributed by atoms with Crippen LogP contribution in [-0.2, 0) is 32.0 Å². The second-order valence-electron chi connectivity index (χ2n) is 9.58. The van der Waals surface area contributed by atoms with Crippen LogP contribution in [0, 0.1) is 0 Å². The van der Waals surface area contributed by atoms with Crippen LogP contribution in [0.5, 0.6) is 5.75 Å². The highest BCUT2D eigenvalue weighted by molar-refractivity contribution is 5.68. The molecule has 2 atom stereocenters. The van der Waals surface area contributed by atoms with E-state index >= 15 is 0 Å². The van der Waals surface area contributed by atoms with E-state index in [0.717, 1.165) is 42.6 Å². The molecule has 9 nitrogen and oxygen atoms in total. The van der Waals surface area contributed by atoms with Gasteiger partial charge in [-0.15, -0.1) is 0 Å². The highest BCUT2D eigenvalue weighted by Gasteiger charge is 2.29. The molecule has 1 saturated heterocycles. The summed E-state index contributed by atoms with van der Waals surface area (Å²) in [6.07, 6.45) is 2.84. The van der Waals surface area contributed by atoms with Gasteiger partial charge in [0.15, 0.2) is 6.10 Å². The molecule has 2 aromatic carbocycles. The van der Waals surface area contributed by atoms with E-state index in [9.17, 15) is 9.90 Å². The van der Waals surface area contributed by atoms with Crippen LogP contribution in [0.2, 0.25) is 0 Å². The summed E-state index contributed by atoms with van der Waals surface area (Å²) in [6.45, 7) is 1.48. The fourth-order valence-corrected chi connectivity index (χ4v) is 4.64. The van der Waals surface area contributed by atoms with Crippen molar-refractivity contribution < 1.29 is 33.7 Å². The minimum atomic E-state index is -0.911. The average Bonchev–Trinajstić information content (AvgIpc) is 3.43. The average molecular weight is 515 g/mol. The Balaban J connectivity index is 1.44. The molecule has 2 fully saturated rings. The quantitative estimate of drug-likeness (QED) is 0.416. The molecule has 0 radical (unpaired) electrons. The third kappa shape index (κ3) is 8.98. The van der Waals surface area contributed by atoms with Crippen molar-refractivity contribution in [2.75, 3.05) is 33.7 Å². The molecule has 1 saturated carbocycles. The second-order valence-corrected chi connectivity index (χ2v) is 9.58. The number of nitrogens with zero attached hydrogens (tertiary/aromatic N) is 1. The molecule has 4 rings (SSSR count). The number of ether oxygens (including phenoxy) is 4. The number of carbonyl (C=O) groups is 1. The number of rotatable bonds is 12. The Bertz CT molecular complexity index is 931. The smallest absolute Gasteiger partial charge is 0.407 e. The van der Waals surface area contributed by atoms with Gasteiger partial charge in [0.25, 0.3) is 0 Å². The number of amides is 1. The van der Waals surface area contributed by atoms with Gasteiger partial charge in [-0.2, -0.15) is 5.06 Å². The molecular weight excluding hydrogens is 476 g/mol. The molecule has 37 heavy (non-hydrogen) atoms. The van der Waals surface area contributed by atoms with Gasteiger partial charge in [-0.25, -0.2) is 4.79 Å². The molecule has 1 unspecified atom stereocenters. The lowest BCUT2D eigenvalue weighted by molar-refractivity contribution is -0.214. The van der Waals surface area contributed by atoms with Crippen molar-refractivity contribution in [2.24, 2.45) is 0 Å². The standard InChI is InChI=1S/C28H38N2O7/c1-33-23-13-11-22(12-14-23)16-30(37-24-9-5-6-10-24)17-27(31)26(15-21-7-3-2-4-8-21)29-28(32)36-25-18-34-20-35-19-25/h2-4,7-8,11-14,24-27,31H,5-6,9-10,15-20H2,1H3,(H,29,32)/t26-,27?/m0/s1. The van der Waals surface area contributed by atoms with Crippen LogP contribution < -0.4 is 10.1 Å². The first kappa shape index (κ1) is 27.3. The topological polar surface area (TPSA) is 98.7 Å². The Morgan fingerprint density at radius 2 is 1.73 bits per heavy atom. The normalized spacial score (nSPS) is 18.5. The van der Waals surface area contributed by atoms with Crippen molar-refractivity contribution in [3.8, 4) is 5.75 Å². The molecule has 0 spiro atoms. The monoisotopic (exact) mass is 514 g/mol. The van der Waals surface area contributed by atoms with E-state index < -0.39 is 24.3 Å². The number of aliphatic hydroxyl groups excluding tert-OH is 1. The summed E-state index contributed by atoms with van der Waals surface area (Å²) in [4.78, 5) is 19.1. The van der Waals surface area contributed by atoms with Crippen molar-refractivity contribution in [1.82, 2.24) is 10.4 Å². The number of hydrogen-bond acceptors (Lipinski definition) is 8. The van der Waals surface area contributed by atoms with E-state index in [1.165, 1.54) is 0 Å². The Morgan fingerprint density at radius 1 is 1.03 bits per heavy atom. The van der Waals surface area contributed by atoms with Crippen molar-refractivity contribution in [2.45, 2.75) is 63.0 Å². The van der Waals surface area contributed by atoms with Crippen molar-refractivity contribution in [1.29, 1.82) is 0 Å². The lowest BCUT2D eigenvalue weighted by Crippen LogP contribution is -2.51. The number of carbonyl (C=O) groups excluding carboxylic acids is 1. The fraction of sp³-hybridized carbons (Fsp3) is 0.536. The van der Waals surface area contributed by atoms with Crippen LogP contribution in [0.25, 0.3) is 0 Å². The van der Waals surface area contributed by atoms with Gasteiger partial charge < -0.3 is 29.4 Å². The van der Waals surface area contributed by atoms with E-state index in [2.05, 4.69) is 5.32 Å². The molecule has 9 heteroatoms. The lowest BCUT2D eigenvalue weighted by atomic mass is 10.0. The van der Waals surface area contributed by atoms with Crippen molar-refractivity contribution in [3.63, 3.8) is 0 Å². The zero-order chi connectivity index (χ0) is 25.9. The zero-order valence-electron chi connectivity index (χ0n) is 21.4. The molecular formula is C28H38N2O7. The maximum absolute atomic E-state index is 12.7. The summed E-state index contributed by atoms with van der Waals surface area (Å²) in [5, 5.41) is 16.1. The third-order valence-electron chi connectivity index (χ3n) is 6.62. The predicted octanol–water partition coefficient (Wildman–Crippen LogP) is 3.44. The largest absolute Gasteiger partial charge is 0.497 e. The number of methoxy groups -OCH3 is 1. The maximum atomic E-state index is 12.7. The number of hydroxylamine groups is 2. The van der Waals surface area contributed by atoms with E-state index in [0.29, 0.717) is 13.0 Å². The first-order chi connectivity index (χ1) is 18.1. The zero-order valence-corrected chi connectivity index (χ0v) is 21.4. The summed E-state index contributed by atoms with van der Waals surface area (Å²) in [5.74, 6) is 0.784. The van der Waals surface area contributed by atoms with E-state index in [4.69, 9.17) is 23.8 Å². The van der Waals surface area contributed by atoms with Crippen LogP contribution in [-0.4, -0.2) is 74.3 Å².